The monoisotopic (exact) mass is 916 g/mol. The van der Waals surface area contributed by atoms with Crippen molar-refractivity contribution in [2.24, 2.45) is 0 Å². The zero-order valence-corrected chi connectivity index (χ0v) is 38.8. The average Bonchev–Trinajstić information content (AvgIpc) is 3.97. The number of nitrogens with zero attached hydrogens (tertiary/aromatic N) is 6. The summed E-state index contributed by atoms with van der Waals surface area (Å²) in [6.07, 6.45) is 0. The molecule has 0 bridgehead atoms. The number of benzene rings is 10. The highest BCUT2D eigenvalue weighted by Gasteiger charge is 2.25. The van der Waals surface area contributed by atoms with Gasteiger partial charge in [0.1, 0.15) is 0 Å². The third-order valence-corrected chi connectivity index (χ3v) is 13.8. The Balaban J connectivity index is 1.11. The Kier molecular flexibility index (Phi) is 10.2. The van der Waals surface area contributed by atoms with Gasteiger partial charge in [-0.15, -0.1) is 0 Å². The molecule has 13 rings (SSSR count). The summed E-state index contributed by atoms with van der Waals surface area (Å²) >= 11 is 0. The van der Waals surface area contributed by atoms with Crippen LogP contribution in [-0.2, 0) is 0 Å². The fourth-order valence-electron chi connectivity index (χ4n) is 10.4. The standard InChI is InChI=1S/C66H40N6/c1-67-49-34-28-43(29-35-49)47-32-38-62-55(40-47)51-20-9-12-24-59(51)71(62)61-26-14-11-22-53(61)65-54(66-69-57(45-16-5-3-6-17-45)42-58(70-66)46-18-7-4-8-19-46)23-15-27-64(65)72-60-25-13-10-21-52(60)56-41-48(33-39-63(56)72)44-30-36-50(68-2)37-31-44/h3-42H. The van der Waals surface area contributed by atoms with Gasteiger partial charge in [-0.3, -0.25) is 0 Å². The Labute approximate surface area is 416 Å². The average molecular weight is 917 g/mol. The van der Waals surface area contributed by atoms with E-state index in [1.54, 1.807) is 0 Å². The number of para-hydroxylation sites is 3. The van der Waals surface area contributed by atoms with Crippen LogP contribution in [0.15, 0.2) is 243 Å². The van der Waals surface area contributed by atoms with Gasteiger partial charge in [-0.1, -0.05) is 188 Å². The van der Waals surface area contributed by atoms with E-state index in [1.807, 2.05) is 60.7 Å². The second-order valence-corrected chi connectivity index (χ2v) is 17.9. The summed E-state index contributed by atoms with van der Waals surface area (Å²) in [5.41, 5.74) is 18.4. The van der Waals surface area contributed by atoms with Gasteiger partial charge in [0.2, 0.25) is 0 Å². The summed E-state index contributed by atoms with van der Waals surface area (Å²) in [5, 5.41) is 4.53. The van der Waals surface area contributed by atoms with Crippen molar-refractivity contribution in [3.05, 3.63) is 265 Å². The van der Waals surface area contributed by atoms with Gasteiger partial charge in [0.05, 0.1) is 58.0 Å². The summed E-state index contributed by atoms with van der Waals surface area (Å²) in [6, 6.07) is 84.4. The molecule has 0 radical (unpaired) electrons. The topological polar surface area (TPSA) is 44.4 Å². The summed E-state index contributed by atoms with van der Waals surface area (Å²) in [7, 11) is 0. The van der Waals surface area contributed by atoms with Crippen LogP contribution < -0.4 is 0 Å². The predicted molar refractivity (Wildman–Crippen MR) is 296 cm³/mol. The van der Waals surface area contributed by atoms with Crippen molar-refractivity contribution < 1.29 is 0 Å². The van der Waals surface area contributed by atoms with Gasteiger partial charge in [-0.05, 0) is 76.9 Å². The Morgan fingerprint density at radius 2 is 0.722 bits per heavy atom. The molecule has 3 heterocycles. The predicted octanol–water partition coefficient (Wildman–Crippen LogP) is 17.8. The molecular formula is C66H40N6. The van der Waals surface area contributed by atoms with E-state index in [0.29, 0.717) is 17.2 Å². The van der Waals surface area contributed by atoms with Crippen molar-refractivity contribution in [2.45, 2.75) is 0 Å². The second kappa shape index (κ2) is 17.4. The molecule has 6 heteroatoms. The molecule has 0 aliphatic carbocycles. The molecule has 13 aromatic rings. The van der Waals surface area contributed by atoms with Gasteiger partial charge < -0.3 is 9.13 Å². The molecule has 0 atom stereocenters. The Hall–Kier alpha value is -10.1. The number of hydrogen-bond donors (Lipinski definition) is 0. The van der Waals surface area contributed by atoms with Crippen molar-refractivity contribution in [3.8, 4) is 78.7 Å². The fourth-order valence-corrected chi connectivity index (χ4v) is 10.4. The Morgan fingerprint density at radius 1 is 0.306 bits per heavy atom. The zero-order chi connectivity index (χ0) is 48.1. The van der Waals surface area contributed by atoms with Crippen molar-refractivity contribution >= 4 is 55.0 Å². The molecule has 0 saturated carbocycles. The molecule has 0 aliphatic heterocycles. The lowest BCUT2D eigenvalue weighted by Crippen LogP contribution is -2.04. The maximum Gasteiger partial charge on any atom is 0.187 e. The van der Waals surface area contributed by atoms with E-state index in [2.05, 4.69) is 201 Å². The quantitative estimate of drug-likeness (QED) is 0.143. The molecule has 334 valence electrons. The third-order valence-electron chi connectivity index (χ3n) is 13.8. The van der Waals surface area contributed by atoms with E-state index in [0.717, 1.165) is 116 Å². The highest BCUT2D eigenvalue weighted by atomic mass is 15.0. The molecule has 6 nitrogen and oxygen atoms in total. The van der Waals surface area contributed by atoms with Crippen molar-refractivity contribution in [1.29, 1.82) is 0 Å². The number of rotatable bonds is 8. The molecule has 0 unspecified atom stereocenters. The molecule has 3 aromatic heterocycles. The first-order valence-corrected chi connectivity index (χ1v) is 23.9. The molecule has 0 aliphatic rings. The van der Waals surface area contributed by atoms with Crippen molar-refractivity contribution in [1.82, 2.24) is 19.1 Å². The minimum atomic E-state index is 0.615. The number of hydrogen-bond acceptors (Lipinski definition) is 2. The summed E-state index contributed by atoms with van der Waals surface area (Å²) in [4.78, 5) is 18.2. The molecule has 72 heavy (non-hydrogen) atoms. The second-order valence-electron chi connectivity index (χ2n) is 17.9. The van der Waals surface area contributed by atoms with E-state index < -0.39 is 0 Å². The van der Waals surface area contributed by atoms with Crippen molar-refractivity contribution in [2.75, 3.05) is 0 Å². The van der Waals surface area contributed by atoms with Gasteiger partial charge in [0.25, 0.3) is 0 Å². The molecular weight excluding hydrogens is 877 g/mol. The summed E-state index contributed by atoms with van der Waals surface area (Å²) in [6.45, 7) is 15.0. The molecule has 0 spiro atoms. The number of aromatic nitrogens is 4. The van der Waals surface area contributed by atoms with Crippen LogP contribution in [0.1, 0.15) is 0 Å². The Bertz CT molecular complexity index is 4270. The lowest BCUT2D eigenvalue weighted by molar-refractivity contribution is 1.15. The normalized spacial score (nSPS) is 11.3. The van der Waals surface area contributed by atoms with Crippen LogP contribution in [0.25, 0.3) is 132 Å². The maximum absolute atomic E-state index is 7.53. The lowest BCUT2D eigenvalue weighted by atomic mass is 9.94. The third kappa shape index (κ3) is 7.10. The first kappa shape index (κ1) is 42.0. The van der Waals surface area contributed by atoms with Crippen LogP contribution in [0.3, 0.4) is 0 Å². The SMILES string of the molecule is [C-]#[N+]c1ccc(-c2ccc3c(c2)c2ccccc2n3-c2ccccc2-c2c(-c3nc(-c4ccccc4)cc(-c4ccccc4)n3)cccc2-n2c3ccccc3c3cc(-c4ccc([N+]#[C-])cc4)ccc32)cc1. The van der Waals surface area contributed by atoms with Gasteiger partial charge in [-0.25, -0.2) is 19.7 Å². The maximum atomic E-state index is 7.53. The van der Waals surface area contributed by atoms with Crippen LogP contribution >= 0.6 is 0 Å². The molecule has 0 fully saturated rings. The molecule has 0 amide bonds. The van der Waals surface area contributed by atoms with E-state index in [9.17, 15) is 0 Å². The molecule has 0 N–H and O–H groups in total. The van der Waals surface area contributed by atoms with E-state index in [1.165, 1.54) is 0 Å². The van der Waals surface area contributed by atoms with Crippen LogP contribution in [0, 0.1) is 13.1 Å². The summed E-state index contributed by atoms with van der Waals surface area (Å²) < 4.78 is 4.81. The van der Waals surface area contributed by atoms with Gasteiger partial charge in [0, 0.05) is 49.4 Å². The number of fused-ring (bicyclic) bond motifs is 6. The lowest BCUT2D eigenvalue weighted by Gasteiger charge is -2.21. The van der Waals surface area contributed by atoms with E-state index in [-0.39, 0.29) is 0 Å². The minimum Gasteiger partial charge on any atom is -0.309 e. The highest BCUT2D eigenvalue weighted by molar-refractivity contribution is 6.13. The van der Waals surface area contributed by atoms with E-state index in [4.69, 9.17) is 23.1 Å². The Morgan fingerprint density at radius 3 is 1.25 bits per heavy atom. The highest BCUT2D eigenvalue weighted by Crippen LogP contribution is 2.46. The first-order valence-electron chi connectivity index (χ1n) is 23.9. The van der Waals surface area contributed by atoms with Crippen molar-refractivity contribution in [3.63, 3.8) is 0 Å². The summed E-state index contributed by atoms with van der Waals surface area (Å²) in [5.74, 6) is 0.615. The van der Waals surface area contributed by atoms with Gasteiger partial charge >= 0.3 is 0 Å². The van der Waals surface area contributed by atoms with Crippen LogP contribution in [0.2, 0.25) is 0 Å². The van der Waals surface area contributed by atoms with Crippen LogP contribution in [0.5, 0.6) is 0 Å². The first-order chi connectivity index (χ1) is 35.6. The van der Waals surface area contributed by atoms with Gasteiger partial charge in [-0.2, -0.15) is 0 Å². The molecule has 10 aromatic carbocycles. The van der Waals surface area contributed by atoms with Crippen LogP contribution in [0.4, 0.5) is 11.4 Å². The molecule has 0 saturated heterocycles. The van der Waals surface area contributed by atoms with E-state index >= 15 is 0 Å². The van der Waals surface area contributed by atoms with Crippen LogP contribution in [-0.4, -0.2) is 19.1 Å². The minimum absolute atomic E-state index is 0.615. The van der Waals surface area contributed by atoms with Gasteiger partial charge in [0.15, 0.2) is 17.2 Å². The smallest absolute Gasteiger partial charge is 0.187 e. The zero-order valence-electron chi connectivity index (χ0n) is 38.8. The largest absolute Gasteiger partial charge is 0.309 e. The fraction of sp³-hybridized carbons (Fsp3) is 0.